The molecule has 0 saturated carbocycles. The number of phenols is 1. The molecule has 16 nitrogen and oxygen atoms in total. The summed E-state index contributed by atoms with van der Waals surface area (Å²) >= 11 is 0. The van der Waals surface area contributed by atoms with E-state index in [-0.39, 0.29) is 56.8 Å². The van der Waals surface area contributed by atoms with Gasteiger partial charge in [0.15, 0.2) is 6.04 Å². The maximum atomic E-state index is 13.4. The number of phenolic OH excluding ortho intramolecular Hbond substituents is 1. The van der Waals surface area contributed by atoms with Crippen LogP contribution in [0.3, 0.4) is 0 Å². The second-order valence-electron chi connectivity index (χ2n) is 11.7. The van der Waals surface area contributed by atoms with Gasteiger partial charge in [0, 0.05) is 26.1 Å². The average molecular weight is 632 g/mol. The fourth-order valence-electron chi connectivity index (χ4n) is 5.73. The van der Waals surface area contributed by atoms with E-state index >= 15 is 0 Å². The van der Waals surface area contributed by atoms with E-state index in [9.17, 15) is 39.5 Å². The zero-order valence-electron chi connectivity index (χ0n) is 25.6. The number of para-hydroxylation sites is 1. The number of hydrogen-bond donors (Lipinski definition) is 5. The number of hydroxylamine groups is 4. The maximum absolute atomic E-state index is 13.4. The molecule has 0 aliphatic carbocycles. The molecule has 0 aromatic heterocycles. The molecule has 0 bridgehead atoms. The summed E-state index contributed by atoms with van der Waals surface area (Å²) < 4.78 is 5.41. The van der Waals surface area contributed by atoms with Gasteiger partial charge >= 0.3 is 0 Å². The van der Waals surface area contributed by atoms with Gasteiger partial charge in [-0.25, -0.2) is 15.1 Å². The van der Waals surface area contributed by atoms with Crippen molar-refractivity contribution in [3.8, 4) is 5.75 Å². The smallest absolute Gasteiger partial charge is 0.268 e. The molecule has 1 aromatic carbocycles. The number of nitrogens with zero attached hydrogens (tertiary/aromatic N) is 5. The third kappa shape index (κ3) is 7.51. The maximum Gasteiger partial charge on any atom is 0.268 e. The third-order valence-corrected chi connectivity index (χ3v) is 8.45. The van der Waals surface area contributed by atoms with E-state index < -0.39 is 47.4 Å². The summed E-state index contributed by atoms with van der Waals surface area (Å²) in [5.41, 5.74) is -0.421. The lowest BCUT2D eigenvalue weighted by Crippen LogP contribution is -2.59. The van der Waals surface area contributed by atoms with Gasteiger partial charge < -0.3 is 25.4 Å². The zero-order valence-corrected chi connectivity index (χ0v) is 25.6. The van der Waals surface area contributed by atoms with E-state index in [1.54, 1.807) is 25.2 Å². The highest BCUT2D eigenvalue weighted by Crippen LogP contribution is 2.36. The predicted octanol–water partition coefficient (Wildman–Crippen LogP) is -0.583. The molecule has 0 radical (unpaired) electrons. The Kier molecular flexibility index (Phi) is 10.6. The molecule has 246 valence electrons. The predicted molar refractivity (Wildman–Crippen MR) is 157 cm³/mol. The Bertz CT molecular complexity index is 1340. The lowest BCUT2D eigenvalue weighted by atomic mass is 10.0. The lowest BCUT2D eigenvalue weighted by Gasteiger charge is -2.42. The zero-order chi connectivity index (χ0) is 32.9. The molecule has 0 unspecified atom stereocenters. The Morgan fingerprint density at radius 2 is 1.89 bits per heavy atom. The quantitative estimate of drug-likeness (QED) is 0.147. The summed E-state index contributed by atoms with van der Waals surface area (Å²) in [7, 11) is 1.78. The molecule has 2 fully saturated rings. The summed E-state index contributed by atoms with van der Waals surface area (Å²) in [6.45, 7) is 3.39. The number of carbonyl (C=O) groups excluding carboxylic acids is 5. The van der Waals surface area contributed by atoms with E-state index in [0.717, 1.165) is 0 Å². The molecule has 0 spiro atoms. The van der Waals surface area contributed by atoms with E-state index in [0.29, 0.717) is 41.4 Å². The molecule has 16 heteroatoms. The molecule has 1 aromatic rings. The number of aliphatic imine (C=N–C) groups is 1. The van der Waals surface area contributed by atoms with Crippen LogP contribution in [-0.2, 0) is 28.7 Å². The van der Waals surface area contributed by atoms with Crippen LogP contribution in [0.5, 0.6) is 5.75 Å². The van der Waals surface area contributed by atoms with Gasteiger partial charge in [-0.2, -0.15) is 0 Å². The Balaban J connectivity index is 1.15. The monoisotopic (exact) mass is 631 g/mol. The molecule has 5 N–H and O–H groups in total. The lowest BCUT2D eigenvalue weighted by molar-refractivity contribution is -0.182. The molecule has 3 atom stereocenters. The summed E-state index contributed by atoms with van der Waals surface area (Å²) in [5, 5.41) is 36.2. The van der Waals surface area contributed by atoms with Crippen molar-refractivity contribution in [3.63, 3.8) is 0 Å². The molecule has 45 heavy (non-hydrogen) atoms. The number of ether oxygens (including phenoxy) is 1. The highest BCUT2D eigenvalue weighted by molar-refractivity contribution is 6.00. The number of aromatic hydroxyl groups is 1. The second-order valence-corrected chi connectivity index (χ2v) is 11.7. The fourth-order valence-corrected chi connectivity index (χ4v) is 5.73. The first kappa shape index (κ1) is 33.6. The standard InChI is InChI=1S/C29H41N7O9/c1-29(2)33(3)20(28(42)36(29)21-10-7-15-35(44)27(21)41)9-6-14-34(43)24(39)12-13-30-23(38)16-31-25(40)19-17-45-26(32-19)18-8-4-5-11-22(18)37/h4-5,8,11,19-21,37,43-44H,6-7,9-10,12-17H2,1-3H3,(H,30,38)(H,31,40)/t19-,20+,21+/m0/s1. The number of rotatable bonds is 12. The number of benzene rings is 1. The average Bonchev–Trinajstić information content (AvgIpc) is 3.55. The van der Waals surface area contributed by atoms with Crippen LogP contribution in [0.1, 0.15) is 51.5 Å². The number of piperidine rings is 1. The first-order valence-electron chi connectivity index (χ1n) is 14.9. The van der Waals surface area contributed by atoms with Gasteiger partial charge in [-0.05, 0) is 58.7 Å². The molecular formula is C29H41N7O9. The van der Waals surface area contributed by atoms with Crippen LogP contribution in [0.15, 0.2) is 29.3 Å². The topological polar surface area (TPSA) is 205 Å². The minimum atomic E-state index is -0.883. The number of amides is 5. The van der Waals surface area contributed by atoms with E-state index in [1.807, 2.05) is 18.7 Å². The molecule has 3 aliphatic heterocycles. The Labute approximate surface area is 260 Å². The summed E-state index contributed by atoms with van der Waals surface area (Å²) in [5.74, 6) is -2.36. The first-order chi connectivity index (χ1) is 21.3. The van der Waals surface area contributed by atoms with Gasteiger partial charge in [-0.1, -0.05) is 12.1 Å². The van der Waals surface area contributed by atoms with Crippen LogP contribution in [0.25, 0.3) is 0 Å². The Hall–Kier alpha value is -4.28. The summed E-state index contributed by atoms with van der Waals surface area (Å²) in [4.78, 5) is 70.4. The van der Waals surface area contributed by atoms with Gasteiger partial charge in [0.1, 0.15) is 18.4 Å². The first-order valence-corrected chi connectivity index (χ1v) is 14.9. The van der Waals surface area contributed by atoms with Gasteiger partial charge in [-0.3, -0.25) is 39.3 Å². The van der Waals surface area contributed by atoms with Crippen molar-refractivity contribution in [3.05, 3.63) is 29.8 Å². The molecule has 5 amide bonds. The van der Waals surface area contributed by atoms with Gasteiger partial charge in [0.05, 0.1) is 23.8 Å². The van der Waals surface area contributed by atoms with Crippen molar-refractivity contribution in [2.24, 2.45) is 4.99 Å². The van der Waals surface area contributed by atoms with Crippen molar-refractivity contribution in [2.45, 2.75) is 69.7 Å². The molecule has 4 rings (SSSR count). The van der Waals surface area contributed by atoms with Crippen LogP contribution in [0.2, 0.25) is 0 Å². The van der Waals surface area contributed by atoms with Crippen molar-refractivity contribution in [1.82, 2.24) is 30.6 Å². The van der Waals surface area contributed by atoms with E-state index in [1.165, 1.54) is 11.0 Å². The van der Waals surface area contributed by atoms with Gasteiger partial charge in [-0.15, -0.1) is 0 Å². The summed E-state index contributed by atoms with van der Waals surface area (Å²) in [6.07, 6.45) is 1.47. The number of likely N-dealkylation sites (N-methyl/N-ethyl adjacent to an activating group) is 1. The number of hydrogen-bond acceptors (Lipinski definition) is 11. The van der Waals surface area contributed by atoms with Crippen LogP contribution in [0, 0.1) is 0 Å². The highest BCUT2D eigenvalue weighted by Gasteiger charge is 2.54. The minimum absolute atomic E-state index is 0.0333. The molecular weight excluding hydrogens is 590 g/mol. The normalized spacial score (nSPS) is 23.0. The second kappa shape index (κ2) is 14.2. The van der Waals surface area contributed by atoms with Gasteiger partial charge in [0.2, 0.25) is 29.5 Å². The van der Waals surface area contributed by atoms with Crippen molar-refractivity contribution < 1.29 is 44.2 Å². The van der Waals surface area contributed by atoms with Crippen LogP contribution in [0.4, 0.5) is 0 Å². The number of carbonyl (C=O) groups is 5. The third-order valence-electron chi connectivity index (χ3n) is 8.45. The van der Waals surface area contributed by atoms with Crippen LogP contribution < -0.4 is 10.6 Å². The van der Waals surface area contributed by atoms with Crippen LogP contribution >= 0.6 is 0 Å². The Morgan fingerprint density at radius 1 is 1.16 bits per heavy atom. The van der Waals surface area contributed by atoms with E-state index in [4.69, 9.17) is 4.74 Å². The summed E-state index contributed by atoms with van der Waals surface area (Å²) in [6, 6.07) is 4.20. The SMILES string of the molecule is CN1[C@H](CCCN(O)C(=O)CCNC(=O)CNC(=O)[C@@H]2COC(c3ccccc3O)=N2)C(=O)N([C@@H]2CCCN(O)C2=O)C1(C)C. The highest BCUT2D eigenvalue weighted by atomic mass is 16.5. The minimum Gasteiger partial charge on any atom is -0.507 e. The molecule has 2 saturated heterocycles. The molecule has 3 heterocycles. The van der Waals surface area contributed by atoms with Crippen molar-refractivity contribution in [2.75, 3.05) is 39.8 Å². The fraction of sp³-hybridized carbons (Fsp3) is 0.586. The van der Waals surface area contributed by atoms with E-state index in [2.05, 4.69) is 15.6 Å². The Morgan fingerprint density at radius 3 is 2.62 bits per heavy atom. The molecule has 3 aliphatic rings. The van der Waals surface area contributed by atoms with Crippen molar-refractivity contribution >= 4 is 35.4 Å². The van der Waals surface area contributed by atoms with Crippen molar-refractivity contribution in [1.29, 1.82) is 0 Å². The van der Waals surface area contributed by atoms with Crippen LogP contribution in [-0.4, -0.2) is 135 Å². The van der Waals surface area contributed by atoms with Gasteiger partial charge in [0.25, 0.3) is 5.91 Å². The largest absolute Gasteiger partial charge is 0.507 e. The number of nitrogens with one attached hydrogen (secondary N) is 2.